The van der Waals surface area contributed by atoms with Crippen LogP contribution in [-0.4, -0.2) is 17.7 Å². The molecule has 0 aliphatic carbocycles. The van der Waals surface area contributed by atoms with Crippen LogP contribution in [0.2, 0.25) is 0 Å². The molecule has 20 heavy (non-hydrogen) atoms. The summed E-state index contributed by atoms with van der Waals surface area (Å²) in [7, 11) is 0. The van der Waals surface area contributed by atoms with Crippen LogP contribution in [0.4, 0.5) is 0 Å². The van der Waals surface area contributed by atoms with Crippen LogP contribution in [-0.2, 0) is 6.54 Å². The number of hydrogen-bond donors (Lipinski definition) is 1. The quantitative estimate of drug-likeness (QED) is 0.749. The van der Waals surface area contributed by atoms with Gasteiger partial charge < -0.3 is 9.88 Å². The van der Waals surface area contributed by atoms with E-state index in [-0.39, 0.29) is 5.43 Å². The first-order valence-electron chi connectivity index (χ1n) is 7.62. The molecule has 1 heterocycles. The zero-order valence-corrected chi connectivity index (χ0v) is 12.3. The number of nitrogens with one attached hydrogen (secondary N) is 1. The zero-order chi connectivity index (χ0) is 14.2. The second kappa shape index (κ2) is 7.85. The van der Waals surface area contributed by atoms with E-state index in [0.29, 0.717) is 0 Å². The molecule has 0 fully saturated rings. The number of pyridine rings is 1. The second-order valence-electron chi connectivity index (χ2n) is 5.20. The van der Waals surface area contributed by atoms with Crippen molar-refractivity contribution in [1.29, 1.82) is 0 Å². The van der Waals surface area contributed by atoms with E-state index >= 15 is 0 Å². The third-order valence-corrected chi connectivity index (χ3v) is 3.62. The lowest BCUT2D eigenvalue weighted by Crippen LogP contribution is -2.22. The summed E-state index contributed by atoms with van der Waals surface area (Å²) in [6.45, 7) is 5.15. The van der Waals surface area contributed by atoms with Crippen molar-refractivity contribution in [3.8, 4) is 0 Å². The van der Waals surface area contributed by atoms with E-state index in [2.05, 4.69) is 16.8 Å². The van der Waals surface area contributed by atoms with Crippen molar-refractivity contribution in [1.82, 2.24) is 9.88 Å². The number of aromatic nitrogens is 1. The van der Waals surface area contributed by atoms with E-state index in [9.17, 15) is 4.79 Å². The van der Waals surface area contributed by atoms with E-state index < -0.39 is 0 Å². The molecule has 0 unspecified atom stereocenters. The number of fused-ring (bicyclic) bond motifs is 1. The lowest BCUT2D eigenvalue weighted by Gasteiger charge is -2.11. The predicted octanol–water partition coefficient (Wildman–Crippen LogP) is 3.17. The number of benzene rings is 1. The average Bonchev–Trinajstić information content (AvgIpc) is 2.49. The second-order valence-corrected chi connectivity index (χ2v) is 5.20. The smallest absolute Gasteiger partial charge is 0.189 e. The summed E-state index contributed by atoms with van der Waals surface area (Å²) < 4.78 is 2.15. The Labute approximate surface area is 120 Å². The van der Waals surface area contributed by atoms with Gasteiger partial charge in [0.25, 0.3) is 0 Å². The average molecular weight is 272 g/mol. The molecule has 0 atom stereocenters. The molecular weight excluding hydrogens is 248 g/mol. The van der Waals surface area contributed by atoms with Crippen LogP contribution < -0.4 is 10.7 Å². The highest BCUT2D eigenvalue weighted by Crippen LogP contribution is 2.08. The fourth-order valence-corrected chi connectivity index (χ4v) is 2.46. The van der Waals surface area contributed by atoms with Crippen LogP contribution in [0.5, 0.6) is 0 Å². The molecule has 0 saturated heterocycles. The van der Waals surface area contributed by atoms with Crippen molar-refractivity contribution in [2.75, 3.05) is 13.1 Å². The minimum Gasteiger partial charge on any atom is -0.346 e. The molecule has 0 bridgehead atoms. The van der Waals surface area contributed by atoms with Gasteiger partial charge >= 0.3 is 0 Å². The van der Waals surface area contributed by atoms with E-state index in [4.69, 9.17) is 0 Å². The molecule has 108 valence electrons. The molecule has 0 aliphatic heterocycles. The molecular formula is C17H24N2O. The van der Waals surface area contributed by atoms with Gasteiger partial charge in [-0.25, -0.2) is 0 Å². The van der Waals surface area contributed by atoms with Gasteiger partial charge in [0.2, 0.25) is 0 Å². The van der Waals surface area contributed by atoms with Crippen molar-refractivity contribution in [3.63, 3.8) is 0 Å². The van der Waals surface area contributed by atoms with Crippen molar-refractivity contribution in [3.05, 3.63) is 46.8 Å². The van der Waals surface area contributed by atoms with Gasteiger partial charge in [-0.3, -0.25) is 4.79 Å². The van der Waals surface area contributed by atoms with Gasteiger partial charge in [-0.15, -0.1) is 0 Å². The van der Waals surface area contributed by atoms with Gasteiger partial charge in [0.05, 0.1) is 5.52 Å². The zero-order valence-electron chi connectivity index (χ0n) is 12.3. The summed E-state index contributed by atoms with van der Waals surface area (Å²) in [5, 5.41) is 4.28. The number of unbranched alkanes of at least 4 members (excludes halogenated alkanes) is 3. The van der Waals surface area contributed by atoms with Gasteiger partial charge in [0.15, 0.2) is 5.43 Å². The summed E-state index contributed by atoms with van der Waals surface area (Å²) in [5.74, 6) is 0. The molecule has 0 amide bonds. The number of nitrogens with zero attached hydrogens (tertiary/aromatic N) is 1. The van der Waals surface area contributed by atoms with Crippen molar-refractivity contribution < 1.29 is 0 Å². The van der Waals surface area contributed by atoms with Crippen LogP contribution in [0.15, 0.2) is 41.3 Å². The summed E-state index contributed by atoms with van der Waals surface area (Å²) in [6.07, 6.45) is 7.06. The normalized spacial score (nSPS) is 11.1. The molecule has 0 saturated carbocycles. The summed E-state index contributed by atoms with van der Waals surface area (Å²) >= 11 is 0. The first kappa shape index (κ1) is 14.8. The summed E-state index contributed by atoms with van der Waals surface area (Å²) in [6, 6.07) is 9.46. The highest BCUT2D eigenvalue weighted by atomic mass is 16.1. The van der Waals surface area contributed by atoms with Crippen LogP contribution in [0.25, 0.3) is 10.9 Å². The molecule has 2 aromatic rings. The Morgan fingerprint density at radius 3 is 2.75 bits per heavy atom. The topological polar surface area (TPSA) is 34.0 Å². The Balaban J connectivity index is 1.88. The maximum absolute atomic E-state index is 11.8. The Hall–Kier alpha value is -1.61. The van der Waals surface area contributed by atoms with Crippen molar-refractivity contribution in [2.24, 2.45) is 0 Å². The van der Waals surface area contributed by atoms with E-state index in [0.717, 1.165) is 30.5 Å². The highest BCUT2D eigenvalue weighted by Gasteiger charge is 2.01. The largest absolute Gasteiger partial charge is 0.346 e. The van der Waals surface area contributed by atoms with Gasteiger partial charge in [-0.2, -0.15) is 0 Å². The van der Waals surface area contributed by atoms with E-state index in [1.165, 1.54) is 25.7 Å². The standard InChI is InChI=1S/C17H24N2O/c1-2-3-4-7-11-18-12-14-19-13-10-17(20)15-8-5-6-9-16(15)19/h5-6,8-10,13,18H,2-4,7,11-12,14H2,1H3. The molecule has 3 nitrogen and oxygen atoms in total. The lowest BCUT2D eigenvalue weighted by molar-refractivity contribution is 0.566. The van der Waals surface area contributed by atoms with Gasteiger partial charge in [-0.1, -0.05) is 38.3 Å². The van der Waals surface area contributed by atoms with Gasteiger partial charge in [0.1, 0.15) is 0 Å². The molecule has 0 spiro atoms. The molecule has 0 radical (unpaired) electrons. The van der Waals surface area contributed by atoms with Crippen molar-refractivity contribution in [2.45, 2.75) is 39.2 Å². The van der Waals surface area contributed by atoms with Crippen LogP contribution in [0.1, 0.15) is 32.6 Å². The summed E-state index contributed by atoms with van der Waals surface area (Å²) in [4.78, 5) is 11.8. The SMILES string of the molecule is CCCCCCNCCn1ccc(=O)c2ccccc21. The molecule has 3 heteroatoms. The predicted molar refractivity (Wildman–Crippen MR) is 85.2 cm³/mol. The monoisotopic (exact) mass is 272 g/mol. The molecule has 2 rings (SSSR count). The Kier molecular flexibility index (Phi) is 5.81. The number of hydrogen-bond acceptors (Lipinski definition) is 2. The third kappa shape index (κ3) is 3.94. The van der Waals surface area contributed by atoms with Crippen molar-refractivity contribution >= 4 is 10.9 Å². The highest BCUT2D eigenvalue weighted by molar-refractivity contribution is 5.78. The number of para-hydroxylation sites is 1. The summed E-state index contributed by atoms with van der Waals surface area (Å²) in [5.41, 5.74) is 1.12. The molecule has 1 N–H and O–H groups in total. The molecule has 1 aromatic heterocycles. The minimum atomic E-state index is 0.101. The molecule has 1 aromatic carbocycles. The Bertz CT molecular complexity index is 589. The Morgan fingerprint density at radius 1 is 1.05 bits per heavy atom. The van der Waals surface area contributed by atoms with Gasteiger partial charge in [0, 0.05) is 30.7 Å². The first-order chi connectivity index (χ1) is 9.83. The van der Waals surface area contributed by atoms with Crippen LogP contribution in [0, 0.1) is 0 Å². The molecule has 0 aliphatic rings. The van der Waals surface area contributed by atoms with Crippen LogP contribution >= 0.6 is 0 Å². The van der Waals surface area contributed by atoms with E-state index in [1.54, 1.807) is 6.07 Å². The number of rotatable bonds is 8. The fourth-order valence-electron chi connectivity index (χ4n) is 2.46. The maximum atomic E-state index is 11.8. The third-order valence-electron chi connectivity index (χ3n) is 3.62. The fraction of sp³-hybridized carbons (Fsp3) is 0.471. The van der Waals surface area contributed by atoms with E-state index in [1.807, 2.05) is 30.5 Å². The first-order valence-corrected chi connectivity index (χ1v) is 7.62. The Morgan fingerprint density at radius 2 is 1.90 bits per heavy atom. The van der Waals surface area contributed by atoms with Gasteiger partial charge in [-0.05, 0) is 25.1 Å². The van der Waals surface area contributed by atoms with Crippen LogP contribution in [0.3, 0.4) is 0 Å². The minimum absolute atomic E-state index is 0.101. The maximum Gasteiger partial charge on any atom is 0.189 e. The lowest BCUT2D eigenvalue weighted by atomic mass is 10.2.